The molecule has 4 aromatic rings. The molecule has 0 atom stereocenters. The summed E-state index contributed by atoms with van der Waals surface area (Å²) in [5.74, 6) is 1.17. The van der Waals surface area contributed by atoms with Gasteiger partial charge in [0, 0.05) is 11.6 Å². The van der Waals surface area contributed by atoms with E-state index in [1.165, 1.54) is 4.52 Å². The molecular weight excluding hydrogens is 292 g/mol. The lowest BCUT2D eigenvalue weighted by Crippen LogP contribution is -1.96. The number of aromatic amines is 1. The van der Waals surface area contributed by atoms with Gasteiger partial charge in [0.2, 0.25) is 5.28 Å². The largest absolute Gasteiger partial charge is 0.494 e. The van der Waals surface area contributed by atoms with Gasteiger partial charge in [0.05, 0.1) is 18.9 Å². The highest BCUT2D eigenvalue weighted by Crippen LogP contribution is 2.29. The van der Waals surface area contributed by atoms with Gasteiger partial charge < -0.3 is 4.74 Å². The number of H-pyrrole nitrogens is 1. The highest BCUT2D eigenvalue weighted by atomic mass is 35.5. The summed E-state index contributed by atoms with van der Waals surface area (Å²) in [6.07, 6.45) is 3.37. The Bertz CT molecular complexity index is 946. The van der Waals surface area contributed by atoms with Crippen molar-refractivity contribution in [2.75, 3.05) is 7.11 Å². The lowest BCUT2D eigenvalue weighted by molar-refractivity contribution is 0.419. The van der Waals surface area contributed by atoms with Crippen LogP contribution in [0.15, 0.2) is 30.6 Å². The fourth-order valence-electron chi connectivity index (χ4n) is 2.23. The van der Waals surface area contributed by atoms with Gasteiger partial charge in [0.15, 0.2) is 11.5 Å². The first-order valence-corrected chi connectivity index (χ1v) is 6.54. The predicted molar refractivity (Wildman–Crippen MR) is 77.4 cm³/mol. The number of methoxy groups -OCH3 is 1. The molecule has 21 heavy (non-hydrogen) atoms. The first kappa shape index (κ1) is 12.1. The molecule has 104 valence electrons. The number of aromatic nitrogens is 6. The Morgan fingerprint density at radius 3 is 2.95 bits per heavy atom. The molecular formula is C13H9ClN6O. The third-order valence-electron chi connectivity index (χ3n) is 3.20. The van der Waals surface area contributed by atoms with Gasteiger partial charge in [-0.15, -0.1) is 5.10 Å². The molecule has 0 amide bonds. The topological polar surface area (TPSA) is 81.0 Å². The van der Waals surface area contributed by atoms with Crippen LogP contribution >= 0.6 is 11.6 Å². The first-order valence-electron chi connectivity index (χ1n) is 6.16. The number of rotatable bonds is 2. The summed E-state index contributed by atoms with van der Waals surface area (Å²) in [5.41, 5.74) is 2.06. The summed E-state index contributed by atoms with van der Waals surface area (Å²) in [6, 6.07) is 5.61. The van der Waals surface area contributed by atoms with Gasteiger partial charge in [-0.05, 0) is 23.7 Å². The van der Waals surface area contributed by atoms with Gasteiger partial charge in [0.25, 0.3) is 0 Å². The first-order chi connectivity index (χ1) is 10.3. The number of benzene rings is 1. The maximum absolute atomic E-state index is 6.21. The molecule has 8 heteroatoms. The van der Waals surface area contributed by atoms with Crippen LogP contribution in [0.5, 0.6) is 5.75 Å². The SMILES string of the molecule is COc1cccc2c1nc(Cl)n1nc(-c3cn[nH]c3)nc21. The molecule has 0 unspecified atom stereocenters. The molecule has 0 fully saturated rings. The van der Waals surface area contributed by atoms with Crippen LogP contribution in [0, 0.1) is 0 Å². The second-order valence-electron chi connectivity index (χ2n) is 4.40. The second-order valence-corrected chi connectivity index (χ2v) is 4.73. The highest BCUT2D eigenvalue weighted by Gasteiger charge is 2.15. The van der Waals surface area contributed by atoms with E-state index < -0.39 is 0 Å². The molecule has 0 spiro atoms. The fraction of sp³-hybridized carbons (Fsp3) is 0.0769. The Balaban J connectivity index is 2.10. The molecule has 0 saturated carbocycles. The minimum absolute atomic E-state index is 0.226. The van der Waals surface area contributed by atoms with E-state index in [0.29, 0.717) is 22.7 Å². The molecule has 0 bridgehead atoms. The number of halogens is 1. The van der Waals surface area contributed by atoms with Crippen LogP contribution in [-0.4, -0.2) is 36.9 Å². The number of hydrogen-bond donors (Lipinski definition) is 1. The Morgan fingerprint density at radius 2 is 2.19 bits per heavy atom. The van der Waals surface area contributed by atoms with Crippen LogP contribution in [0.2, 0.25) is 5.28 Å². The molecule has 1 aromatic carbocycles. The van der Waals surface area contributed by atoms with E-state index in [2.05, 4.69) is 25.3 Å². The quantitative estimate of drug-likeness (QED) is 0.575. The molecule has 0 aliphatic carbocycles. The molecule has 1 N–H and O–H groups in total. The number of fused-ring (bicyclic) bond motifs is 3. The molecule has 3 aromatic heterocycles. The van der Waals surface area contributed by atoms with Gasteiger partial charge >= 0.3 is 0 Å². The van der Waals surface area contributed by atoms with Crippen LogP contribution in [0.25, 0.3) is 27.9 Å². The van der Waals surface area contributed by atoms with Crippen LogP contribution in [0.3, 0.4) is 0 Å². The van der Waals surface area contributed by atoms with E-state index >= 15 is 0 Å². The third-order valence-corrected chi connectivity index (χ3v) is 3.45. The molecule has 0 aliphatic heterocycles. The summed E-state index contributed by atoms with van der Waals surface area (Å²) < 4.78 is 6.82. The molecule has 7 nitrogen and oxygen atoms in total. The predicted octanol–water partition coefficient (Wildman–Crippen LogP) is 2.33. The average Bonchev–Trinajstić information content (AvgIpc) is 3.16. The fourth-order valence-corrected chi connectivity index (χ4v) is 2.44. The van der Waals surface area contributed by atoms with Crippen molar-refractivity contribution in [3.05, 3.63) is 35.9 Å². The summed E-state index contributed by atoms with van der Waals surface area (Å²) in [5, 5.41) is 12.0. The molecule has 4 rings (SSSR count). The van der Waals surface area contributed by atoms with Gasteiger partial charge in [-0.3, -0.25) is 5.10 Å². The van der Waals surface area contributed by atoms with Crippen molar-refractivity contribution in [2.24, 2.45) is 0 Å². The maximum Gasteiger partial charge on any atom is 0.226 e. The monoisotopic (exact) mass is 300 g/mol. The number of ether oxygens (including phenoxy) is 1. The van der Waals surface area contributed by atoms with Crippen LogP contribution in [-0.2, 0) is 0 Å². The number of nitrogens with zero attached hydrogens (tertiary/aromatic N) is 5. The zero-order chi connectivity index (χ0) is 14.4. The number of para-hydroxylation sites is 1. The Kier molecular flexibility index (Phi) is 2.55. The molecule has 0 aliphatic rings. The summed E-state index contributed by atoms with van der Waals surface area (Å²) in [7, 11) is 1.59. The molecule has 0 saturated heterocycles. The van der Waals surface area contributed by atoms with E-state index in [9.17, 15) is 0 Å². The minimum Gasteiger partial charge on any atom is -0.494 e. The lowest BCUT2D eigenvalue weighted by Gasteiger charge is -2.05. The smallest absolute Gasteiger partial charge is 0.226 e. The zero-order valence-corrected chi connectivity index (χ0v) is 11.7. The molecule has 3 heterocycles. The van der Waals surface area contributed by atoms with E-state index in [-0.39, 0.29) is 5.28 Å². The van der Waals surface area contributed by atoms with Crippen molar-refractivity contribution < 1.29 is 4.74 Å². The second kappa shape index (κ2) is 4.42. The van der Waals surface area contributed by atoms with Crippen molar-refractivity contribution in [2.45, 2.75) is 0 Å². The van der Waals surface area contributed by atoms with E-state index in [1.54, 1.807) is 19.5 Å². The normalized spacial score (nSPS) is 11.3. The Labute approximate surface area is 123 Å². The van der Waals surface area contributed by atoms with Gasteiger partial charge in [0.1, 0.15) is 11.3 Å². The Hall–Kier alpha value is -2.67. The van der Waals surface area contributed by atoms with Gasteiger partial charge in [-0.2, -0.15) is 9.61 Å². The van der Waals surface area contributed by atoms with Crippen molar-refractivity contribution in [3.8, 4) is 17.1 Å². The van der Waals surface area contributed by atoms with E-state index in [0.717, 1.165) is 10.9 Å². The van der Waals surface area contributed by atoms with Crippen LogP contribution in [0.4, 0.5) is 0 Å². The van der Waals surface area contributed by atoms with E-state index in [1.807, 2.05) is 18.2 Å². The lowest BCUT2D eigenvalue weighted by atomic mass is 10.2. The van der Waals surface area contributed by atoms with Crippen molar-refractivity contribution in [1.29, 1.82) is 0 Å². The van der Waals surface area contributed by atoms with Crippen molar-refractivity contribution in [3.63, 3.8) is 0 Å². The average molecular weight is 301 g/mol. The minimum atomic E-state index is 0.226. The van der Waals surface area contributed by atoms with Gasteiger partial charge in [-0.1, -0.05) is 6.07 Å². The molecule has 0 radical (unpaired) electrons. The van der Waals surface area contributed by atoms with Gasteiger partial charge in [-0.25, -0.2) is 9.97 Å². The maximum atomic E-state index is 6.21. The Morgan fingerprint density at radius 1 is 1.29 bits per heavy atom. The van der Waals surface area contributed by atoms with E-state index in [4.69, 9.17) is 16.3 Å². The van der Waals surface area contributed by atoms with Crippen molar-refractivity contribution >= 4 is 28.2 Å². The number of nitrogens with one attached hydrogen (secondary N) is 1. The summed E-state index contributed by atoms with van der Waals surface area (Å²) in [6.45, 7) is 0. The van der Waals surface area contributed by atoms with Crippen LogP contribution in [0.1, 0.15) is 0 Å². The van der Waals surface area contributed by atoms with Crippen LogP contribution < -0.4 is 4.74 Å². The standard InChI is InChI=1S/C13H9ClN6O/c1-21-9-4-2-3-8-10(9)17-13(14)20-12(8)18-11(19-20)7-5-15-16-6-7/h2-6H,1H3,(H,15,16). The highest BCUT2D eigenvalue weighted by molar-refractivity contribution is 6.29. The van der Waals surface area contributed by atoms with Crippen molar-refractivity contribution in [1.82, 2.24) is 29.8 Å². The number of hydrogen-bond acceptors (Lipinski definition) is 5. The zero-order valence-electron chi connectivity index (χ0n) is 10.9. The summed E-state index contributed by atoms with van der Waals surface area (Å²) >= 11 is 6.21. The third kappa shape index (κ3) is 1.74. The summed E-state index contributed by atoms with van der Waals surface area (Å²) in [4.78, 5) is 8.88.